The molecule has 82 valence electrons. The van der Waals surface area contributed by atoms with Crippen LogP contribution in [0.15, 0.2) is 0 Å². The molecule has 14 heavy (non-hydrogen) atoms. The molecule has 1 N–H and O–H groups in total. The van der Waals surface area contributed by atoms with Crippen molar-refractivity contribution in [2.45, 2.75) is 32.3 Å². The lowest BCUT2D eigenvalue weighted by Gasteiger charge is -2.14. The first kappa shape index (κ1) is 11.5. The minimum atomic E-state index is -0.707. The lowest BCUT2D eigenvalue weighted by Crippen LogP contribution is -2.29. The number of esters is 1. The Bertz CT molecular complexity index is 181. The summed E-state index contributed by atoms with van der Waals surface area (Å²) >= 11 is 0. The lowest BCUT2D eigenvalue weighted by atomic mass is 10.0. The smallest absolute Gasteiger partial charge is 0.311 e. The highest BCUT2D eigenvalue weighted by molar-refractivity contribution is 5.74. The maximum Gasteiger partial charge on any atom is 0.311 e. The molecule has 1 fully saturated rings. The summed E-state index contributed by atoms with van der Waals surface area (Å²) in [7, 11) is 0. The van der Waals surface area contributed by atoms with Gasteiger partial charge in [0.05, 0.1) is 25.2 Å². The Labute approximate surface area is 84.2 Å². The van der Waals surface area contributed by atoms with E-state index in [-0.39, 0.29) is 18.5 Å². The molecule has 2 atom stereocenters. The van der Waals surface area contributed by atoms with E-state index in [4.69, 9.17) is 9.47 Å². The van der Waals surface area contributed by atoms with E-state index in [0.29, 0.717) is 19.6 Å². The van der Waals surface area contributed by atoms with Crippen LogP contribution in [-0.2, 0) is 14.3 Å². The zero-order chi connectivity index (χ0) is 10.4. The number of unbranched alkanes of at least 4 members (excludes halogenated alkanes) is 1. The summed E-state index contributed by atoms with van der Waals surface area (Å²) in [6.07, 6.45) is 1.96. The number of cyclic esters (lactones) is 1. The average molecular weight is 202 g/mol. The Hall–Kier alpha value is -0.610. The van der Waals surface area contributed by atoms with Gasteiger partial charge in [0.15, 0.2) is 0 Å². The van der Waals surface area contributed by atoms with Crippen molar-refractivity contribution >= 4 is 5.97 Å². The van der Waals surface area contributed by atoms with Crippen molar-refractivity contribution in [3.63, 3.8) is 0 Å². The SMILES string of the molecule is CCCCOC[C@H](O)C1CCOC1=O. The number of ether oxygens (including phenoxy) is 2. The molecule has 1 heterocycles. The molecule has 4 heteroatoms. The van der Waals surface area contributed by atoms with E-state index in [0.717, 1.165) is 12.8 Å². The highest BCUT2D eigenvalue weighted by atomic mass is 16.5. The van der Waals surface area contributed by atoms with Crippen molar-refractivity contribution < 1.29 is 19.4 Å². The maximum absolute atomic E-state index is 11.1. The molecule has 4 nitrogen and oxygen atoms in total. The van der Waals surface area contributed by atoms with Gasteiger partial charge in [-0.25, -0.2) is 0 Å². The minimum absolute atomic E-state index is 0.236. The van der Waals surface area contributed by atoms with Crippen molar-refractivity contribution in [1.82, 2.24) is 0 Å². The van der Waals surface area contributed by atoms with Gasteiger partial charge >= 0.3 is 5.97 Å². The fraction of sp³-hybridized carbons (Fsp3) is 0.900. The number of hydrogen-bond acceptors (Lipinski definition) is 4. The van der Waals surface area contributed by atoms with Crippen LogP contribution < -0.4 is 0 Å². The molecular formula is C10H18O4. The maximum atomic E-state index is 11.1. The van der Waals surface area contributed by atoms with Crippen molar-refractivity contribution in [2.24, 2.45) is 5.92 Å². The van der Waals surface area contributed by atoms with E-state index in [2.05, 4.69) is 6.92 Å². The predicted octanol–water partition coefficient (Wildman–Crippen LogP) is 0.727. The van der Waals surface area contributed by atoms with Gasteiger partial charge in [0.25, 0.3) is 0 Å². The second-order valence-electron chi connectivity index (χ2n) is 3.56. The second-order valence-corrected chi connectivity index (χ2v) is 3.56. The normalized spacial score (nSPS) is 23.6. The molecule has 0 aromatic rings. The zero-order valence-corrected chi connectivity index (χ0v) is 8.57. The molecular weight excluding hydrogens is 184 g/mol. The van der Waals surface area contributed by atoms with E-state index in [1.54, 1.807) is 0 Å². The number of rotatable bonds is 6. The highest BCUT2D eigenvalue weighted by Crippen LogP contribution is 2.18. The van der Waals surface area contributed by atoms with Gasteiger partial charge in [-0.05, 0) is 12.8 Å². The number of carbonyl (C=O) groups excluding carboxylic acids is 1. The monoisotopic (exact) mass is 202 g/mol. The van der Waals surface area contributed by atoms with Gasteiger partial charge in [0, 0.05) is 6.61 Å². The molecule has 0 saturated carbocycles. The molecule has 0 bridgehead atoms. The van der Waals surface area contributed by atoms with Gasteiger partial charge in [-0.2, -0.15) is 0 Å². The summed E-state index contributed by atoms with van der Waals surface area (Å²) < 4.78 is 10.00. The summed E-state index contributed by atoms with van der Waals surface area (Å²) in [6, 6.07) is 0. The predicted molar refractivity (Wildman–Crippen MR) is 50.8 cm³/mol. The first-order valence-electron chi connectivity index (χ1n) is 5.18. The van der Waals surface area contributed by atoms with Gasteiger partial charge in [-0.15, -0.1) is 0 Å². The number of hydrogen-bond donors (Lipinski definition) is 1. The highest BCUT2D eigenvalue weighted by Gasteiger charge is 2.32. The molecule has 1 aliphatic rings. The number of aliphatic hydroxyl groups excluding tert-OH is 1. The Morgan fingerprint density at radius 2 is 2.50 bits per heavy atom. The first-order valence-corrected chi connectivity index (χ1v) is 5.18. The Morgan fingerprint density at radius 3 is 3.07 bits per heavy atom. The van der Waals surface area contributed by atoms with Crippen LogP contribution in [0.3, 0.4) is 0 Å². The van der Waals surface area contributed by atoms with Crippen LogP contribution >= 0.6 is 0 Å². The van der Waals surface area contributed by atoms with Crippen LogP contribution in [0.2, 0.25) is 0 Å². The van der Waals surface area contributed by atoms with Gasteiger partial charge < -0.3 is 14.6 Å². The molecule has 0 aliphatic carbocycles. The molecule has 0 aromatic heterocycles. The van der Waals surface area contributed by atoms with E-state index in [1.165, 1.54) is 0 Å². The van der Waals surface area contributed by atoms with E-state index in [1.807, 2.05) is 0 Å². The zero-order valence-electron chi connectivity index (χ0n) is 8.57. The van der Waals surface area contributed by atoms with Gasteiger partial charge in [-0.3, -0.25) is 4.79 Å². The number of carbonyl (C=O) groups is 1. The Balaban J connectivity index is 2.14. The van der Waals surface area contributed by atoms with Crippen molar-refractivity contribution in [1.29, 1.82) is 0 Å². The van der Waals surface area contributed by atoms with E-state index < -0.39 is 6.10 Å². The summed E-state index contributed by atoms with van der Waals surface area (Å²) in [4.78, 5) is 11.1. The summed E-state index contributed by atoms with van der Waals surface area (Å²) in [5.74, 6) is -0.673. The van der Waals surface area contributed by atoms with Crippen LogP contribution in [-0.4, -0.2) is 37.0 Å². The van der Waals surface area contributed by atoms with Gasteiger partial charge in [0.1, 0.15) is 0 Å². The fourth-order valence-corrected chi connectivity index (χ4v) is 1.43. The van der Waals surface area contributed by atoms with Crippen LogP contribution in [0.1, 0.15) is 26.2 Å². The van der Waals surface area contributed by atoms with E-state index in [9.17, 15) is 9.90 Å². The third-order valence-electron chi connectivity index (χ3n) is 2.37. The van der Waals surface area contributed by atoms with Crippen LogP contribution in [0.5, 0.6) is 0 Å². The molecule has 0 amide bonds. The standard InChI is InChI=1S/C10H18O4/c1-2-3-5-13-7-9(11)8-4-6-14-10(8)12/h8-9,11H,2-7H2,1H3/t8?,9-/m0/s1. The molecule has 1 unspecified atom stereocenters. The quantitative estimate of drug-likeness (QED) is 0.509. The molecule has 0 spiro atoms. The van der Waals surface area contributed by atoms with Crippen LogP contribution in [0.4, 0.5) is 0 Å². The molecule has 1 aliphatic heterocycles. The Morgan fingerprint density at radius 1 is 1.71 bits per heavy atom. The Kier molecular flexibility index (Phi) is 4.90. The van der Waals surface area contributed by atoms with Crippen LogP contribution in [0.25, 0.3) is 0 Å². The fourth-order valence-electron chi connectivity index (χ4n) is 1.43. The van der Waals surface area contributed by atoms with Gasteiger partial charge in [-0.1, -0.05) is 13.3 Å². The molecule has 0 radical (unpaired) electrons. The lowest BCUT2D eigenvalue weighted by molar-refractivity contribution is -0.145. The van der Waals surface area contributed by atoms with Crippen LogP contribution in [0, 0.1) is 5.92 Å². The largest absolute Gasteiger partial charge is 0.465 e. The third-order valence-corrected chi connectivity index (χ3v) is 2.37. The average Bonchev–Trinajstić information content (AvgIpc) is 2.59. The molecule has 1 rings (SSSR count). The number of aliphatic hydroxyl groups is 1. The third kappa shape index (κ3) is 3.27. The first-order chi connectivity index (χ1) is 6.75. The summed E-state index contributed by atoms with van der Waals surface area (Å²) in [6.45, 7) is 3.39. The molecule has 0 aromatic carbocycles. The minimum Gasteiger partial charge on any atom is -0.465 e. The second kappa shape index (κ2) is 5.98. The summed E-state index contributed by atoms with van der Waals surface area (Å²) in [5, 5.41) is 9.59. The molecule has 1 saturated heterocycles. The van der Waals surface area contributed by atoms with Crippen molar-refractivity contribution in [3.05, 3.63) is 0 Å². The summed E-state index contributed by atoms with van der Waals surface area (Å²) in [5.41, 5.74) is 0. The van der Waals surface area contributed by atoms with Crippen molar-refractivity contribution in [3.8, 4) is 0 Å². The van der Waals surface area contributed by atoms with Gasteiger partial charge in [0.2, 0.25) is 0 Å². The van der Waals surface area contributed by atoms with Crippen molar-refractivity contribution in [2.75, 3.05) is 19.8 Å². The van der Waals surface area contributed by atoms with E-state index >= 15 is 0 Å². The topological polar surface area (TPSA) is 55.8 Å².